The molecule has 0 aromatic heterocycles. The van der Waals surface area contributed by atoms with Gasteiger partial charge in [0, 0.05) is 37.4 Å². The molecule has 6 nitrogen and oxygen atoms in total. The van der Waals surface area contributed by atoms with Gasteiger partial charge in [-0.15, -0.1) is 0 Å². The third-order valence-corrected chi connectivity index (χ3v) is 10.1. The van der Waals surface area contributed by atoms with Crippen molar-refractivity contribution in [3.05, 3.63) is 0 Å². The van der Waals surface area contributed by atoms with E-state index in [9.17, 15) is 9.59 Å². The highest BCUT2D eigenvalue weighted by molar-refractivity contribution is 8.76. The lowest BCUT2D eigenvalue weighted by Gasteiger charge is -2.16. The number of hydrogen-bond donors (Lipinski definition) is 2. The van der Waals surface area contributed by atoms with Gasteiger partial charge < -0.3 is 20.4 Å². The summed E-state index contributed by atoms with van der Waals surface area (Å²) >= 11 is 0. The molecule has 8 heteroatoms. The molecule has 0 radical (unpaired) electrons. The SMILES string of the molecule is CCCCCCCCCCCCCCCCCCCN(C)CCCC(=O)NCCSSCCNC(=O)CCCN(C)C. The van der Waals surface area contributed by atoms with E-state index in [0.717, 1.165) is 44.0 Å². The van der Waals surface area contributed by atoms with Gasteiger partial charge in [0.05, 0.1) is 0 Å². The van der Waals surface area contributed by atoms with E-state index in [1.54, 1.807) is 21.6 Å². The molecule has 0 spiro atoms. The molecule has 0 aliphatic carbocycles. The predicted octanol–water partition coefficient (Wildman–Crippen LogP) is 8.31. The third kappa shape index (κ3) is 34.1. The molecule has 0 saturated carbocycles. The van der Waals surface area contributed by atoms with Crippen LogP contribution in [0.2, 0.25) is 0 Å². The fraction of sp³-hybridized carbons (Fsp3) is 0.941. The van der Waals surface area contributed by atoms with E-state index < -0.39 is 0 Å². The van der Waals surface area contributed by atoms with Gasteiger partial charge in [-0.25, -0.2) is 0 Å². The Morgan fingerprint density at radius 3 is 1.26 bits per heavy atom. The standard InChI is InChI=1S/C34H70N4O2S2/c1-5-6-7-8-9-10-11-12-13-14-15-16-17-18-19-20-21-29-38(4)30-23-25-34(40)36-27-32-42-41-31-26-35-33(39)24-22-28-37(2)3/h5-32H2,1-4H3,(H,35,39)(H,36,40). The Hall–Kier alpha value is -0.440. The first-order valence-electron chi connectivity index (χ1n) is 17.6. The first kappa shape index (κ1) is 41.6. The van der Waals surface area contributed by atoms with Gasteiger partial charge in [-0.2, -0.15) is 0 Å². The van der Waals surface area contributed by atoms with E-state index in [-0.39, 0.29) is 11.8 Å². The molecule has 2 N–H and O–H groups in total. The molecule has 0 unspecified atom stereocenters. The molecular formula is C34H70N4O2S2. The van der Waals surface area contributed by atoms with Gasteiger partial charge >= 0.3 is 0 Å². The first-order valence-corrected chi connectivity index (χ1v) is 20.1. The van der Waals surface area contributed by atoms with Crippen molar-refractivity contribution in [3.8, 4) is 0 Å². The smallest absolute Gasteiger partial charge is 0.220 e. The minimum absolute atomic E-state index is 0.139. The van der Waals surface area contributed by atoms with Crippen LogP contribution in [0.3, 0.4) is 0 Å². The molecule has 0 saturated heterocycles. The summed E-state index contributed by atoms with van der Waals surface area (Å²) in [5.74, 6) is 2.09. The zero-order valence-corrected chi connectivity index (χ0v) is 30.0. The van der Waals surface area contributed by atoms with Crippen molar-refractivity contribution in [2.24, 2.45) is 0 Å². The summed E-state index contributed by atoms with van der Waals surface area (Å²) < 4.78 is 0. The van der Waals surface area contributed by atoms with Crippen molar-refractivity contribution in [1.82, 2.24) is 20.4 Å². The number of nitrogens with one attached hydrogen (secondary N) is 2. The van der Waals surface area contributed by atoms with E-state index in [0.29, 0.717) is 25.9 Å². The Morgan fingerprint density at radius 1 is 0.500 bits per heavy atom. The zero-order chi connectivity index (χ0) is 30.9. The molecule has 0 fully saturated rings. The van der Waals surface area contributed by atoms with E-state index in [1.165, 1.54) is 109 Å². The van der Waals surface area contributed by atoms with Crippen molar-refractivity contribution in [2.75, 3.05) is 65.4 Å². The average Bonchev–Trinajstić information content (AvgIpc) is 2.95. The van der Waals surface area contributed by atoms with Crippen LogP contribution in [0.5, 0.6) is 0 Å². The Bertz CT molecular complexity index is 596. The molecule has 2 amide bonds. The lowest BCUT2D eigenvalue weighted by atomic mass is 10.0. The molecule has 0 bridgehead atoms. The van der Waals surface area contributed by atoms with Crippen LogP contribution < -0.4 is 10.6 Å². The maximum Gasteiger partial charge on any atom is 0.220 e. The maximum absolute atomic E-state index is 12.1. The molecule has 0 heterocycles. The van der Waals surface area contributed by atoms with E-state index in [2.05, 4.69) is 34.4 Å². The third-order valence-electron chi connectivity index (χ3n) is 7.69. The Kier molecular flexibility index (Phi) is 33.1. The van der Waals surface area contributed by atoms with Gasteiger partial charge in [0.2, 0.25) is 11.8 Å². The fourth-order valence-electron chi connectivity index (χ4n) is 5.04. The van der Waals surface area contributed by atoms with Gasteiger partial charge in [0.1, 0.15) is 0 Å². The number of nitrogens with zero attached hydrogens (tertiary/aromatic N) is 2. The van der Waals surface area contributed by atoms with Crippen LogP contribution in [0, 0.1) is 0 Å². The highest BCUT2D eigenvalue weighted by atomic mass is 33.1. The molecule has 0 atom stereocenters. The molecule has 0 aromatic carbocycles. The lowest BCUT2D eigenvalue weighted by molar-refractivity contribution is -0.121. The summed E-state index contributed by atoms with van der Waals surface area (Å²) in [5.41, 5.74) is 0. The van der Waals surface area contributed by atoms with Gasteiger partial charge in [-0.3, -0.25) is 9.59 Å². The number of carbonyl (C=O) groups is 2. The second-order valence-corrected chi connectivity index (χ2v) is 15.0. The Morgan fingerprint density at radius 2 is 0.857 bits per heavy atom. The monoisotopic (exact) mass is 630 g/mol. The molecule has 0 rings (SSSR count). The number of unbranched alkanes of at least 4 members (excludes halogenated alkanes) is 16. The minimum Gasteiger partial charge on any atom is -0.355 e. The fourth-order valence-corrected chi connectivity index (χ4v) is 6.86. The van der Waals surface area contributed by atoms with E-state index in [1.807, 2.05) is 14.1 Å². The summed E-state index contributed by atoms with van der Waals surface area (Å²) in [4.78, 5) is 28.3. The first-order chi connectivity index (χ1) is 20.5. The molecule has 0 aliphatic heterocycles. The number of carbonyl (C=O) groups excluding carboxylic acids is 2. The van der Waals surface area contributed by atoms with Crippen LogP contribution in [0.4, 0.5) is 0 Å². The van der Waals surface area contributed by atoms with Crippen LogP contribution in [0.15, 0.2) is 0 Å². The second kappa shape index (κ2) is 33.5. The number of amides is 2. The van der Waals surface area contributed by atoms with Crippen molar-refractivity contribution in [1.29, 1.82) is 0 Å². The summed E-state index contributed by atoms with van der Waals surface area (Å²) in [6.45, 7) is 6.79. The highest BCUT2D eigenvalue weighted by Gasteiger charge is 2.04. The van der Waals surface area contributed by atoms with Crippen molar-refractivity contribution in [3.63, 3.8) is 0 Å². The molecule has 0 aromatic rings. The van der Waals surface area contributed by atoms with Crippen LogP contribution in [0.25, 0.3) is 0 Å². The topological polar surface area (TPSA) is 64.7 Å². The molecule has 0 aliphatic rings. The van der Waals surface area contributed by atoms with Crippen LogP contribution >= 0.6 is 21.6 Å². The summed E-state index contributed by atoms with van der Waals surface area (Å²) in [7, 11) is 9.75. The second-order valence-electron chi connectivity index (χ2n) is 12.3. The van der Waals surface area contributed by atoms with Crippen LogP contribution in [-0.4, -0.2) is 87.0 Å². The van der Waals surface area contributed by atoms with Crippen LogP contribution in [-0.2, 0) is 9.59 Å². The molecule has 250 valence electrons. The predicted molar refractivity (Wildman–Crippen MR) is 190 cm³/mol. The van der Waals surface area contributed by atoms with Crippen molar-refractivity contribution >= 4 is 33.4 Å². The van der Waals surface area contributed by atoms with Crippen molar-refractivity contribution < 1.29 is 9.59 Å². The zero-order valence-electron chi connectivity index (χ0n) is 28.3. The number of hydrogen-bond acceptors (Lipinski definition) is 6. The van der Waals surface area contributed by atoms with Gasteiger partial charge in [-0.1, -0.05) is 131 Å². The Balaban J connectivity index is 3.32. The summed E-state index contributed by atoms with van der Waals surface area (Å²) in [5, 5.41) is 6.01. The van der Waals surface area contributed by atoms with Gasteiger partial charge in [0.15, 0.2) is 0 Å². The van der Waals surface area contributed by atoms with Crippen molar-refractivity contribution in [2.45, 2.75) is 142 Å². The quantitative estimate of drug-likeness (QED) is 0.0562. The van der Waals surface area contributed by atoms with Gasteiger partial charge in [-0.05, 0) is 60.0 Å². The molecule has 42 heavy (non-hydrogen) atoms. The van der Waals surface area contributed by atoms with Gasteiger partial charge in [0.25, 0.3) is 0 Å². The molecular weight excluding hydrogens is 561 g/mol. The summed E-state index contributed by atoms with van der Waals surface area (Å²) in [6.07, 6.45) is 27.0. The largest absolute Gasteiger partial charge is 0.355 e. The minimum atomic E-state index is 0.139. The number of rotatable bonds is 33. The van der Waals surface area contributed by atoms with E-state index in [4.69, 9.17) is 0 Å². The highest BCUT2D eigenvalue weighted by Crippen LogP contribution is 2.19. The van der Waals surface area contributed by atoms with E-state index >= 15 is 0 Å². The average molecular weight is 631 g/mol. The van der Waals surface area contributed by atoms with Crippen LogP contribution in [0.1, 0.15) is 142 Å². The normalized spacial score (nSPS) is 11.5. The Labute approximate surface area is 269 Å². The summed E-state index contributed by atoms with van der Waals surface area (Å²) in [6, 6.07) is 0. The maximum atomic E-state index is 12.1. The lowest BCUT2D eigenvalue weighted by Crippen LogP contribution is -2.27.